The van der Waals surface area contributed by atoms with E-state index in [-0.39, 0.29) is 12.5 Å². The van der Waals surface area contributed by atoms with Gasteiger partial charge in [0.05, 0.1) is 24.8 Å². The Labute approximate surface area is 149 Å². The van der Waals surface area contributed by atoms with Crippen LogP contribution in [-0.2, 0) is 16.1 Å². The van der Waals surface area contributed by atoms with Crippen LogP contribution in [0.3, 0.4) is 0 Å². The number of piperazine rings is 1. The van der Waals surface area contributed by atoms with Crippen molar-refractivity contribution in [3.8, 4) is 0 Å². The molecule has 1 aromatic carbocycles. The van der Waals surface area contributed by atoms with E-state index in [2.05, 4.69) is 15.7 Å². The molecule has 2 aromatic rings. The molecule has 1 saturated heterocycles. The van der Waals surface area contributed by atoms with E-state index in [0.717, 1.165) is 23.1 Å². The largest absolute Gasteiger partial charge is 0.360 e. The maximum absolute atomic E-state index is 13.0. The monoisotopic (exact) mass is 365 g/mol. The number of alkyl halides is 2. The van der Waals surface area contributed by atoms with Gasteiger partial charge in [-0.1, -0.05) is 0 Å². The van der Waals surface area contributed by atoms with Gasteiger partial charge in [-0.3, -0.25) is 14.3 Å². The highest BCUT2D eigenvalue weighted by Crippen LogP contribution is 2.23. The van der Waals surface area contributed by atoms with Crippen LogP contribution in [-0.4, -0.2) is 53.2 Å². The molecule has 0 spiro atoms. The van der Waals surface area contributed by atoms with E-state index in [1.807, 2.05) is 23.1 Å². The number of rotatable bonds is 5. The Morgan fingerprint density at radius 3 is 2.92 bits per heavy atom. The van der Waals surface area contributed by atoms with E-state index in [4.69, 9.17) is 0 Å². The summed E-state index contributed by atoms with van der Waals surface area (Å²) in [6.07, 6.45) is 1.69. The van der Waals surface area contributed by atoms with Gasteiger partial charge in [-0.25, -0.2) is 0 Å². The average Bonchev–Trinajstić information content (AvgIpc) is 2.96. The molecule has 2 N–H and O–H groups in total. The number of carbonyl (C=O) groups is 2. The minimum Gasteiger partial charge on any atom is -0.360 e. The maximum Gasteiger partial charge on any atom is 0.321 e. The molecule has 140 valence electrons. The number of hydrogen-bond donors (Lipinski definition) is 2. The van der Waals surface area contributed by atoms with Crippen molar-refractivity contribution in [2.75, 3.05) is 24.5 Å². The molecule has 1 aliphatic heterocycles. The molecule has 9 heteroatoms. The van der Waals surface area contributed by atoms with Crippen LogP contribution in [0.15, 0.2) is 24.4 Å². The second kappa shape index (κ2) is 6.89. The summed E-state index contributed by atoms with van der Waals surface area (Å²) in [5, 5.41) is 10.2. The third kappa shape index (κ3) is 3.92. The minimum absolute atomic E-state index is 0.00988. The van der Waals surface area contributed by atoms with E-state index in [1.54, 1.807) is 17.8 Å². The predicted molar refractivity (Wildman–Crippen MR) is 93.2 cm³/mol. The first kappa shape index (κ1) is 18.1. The van der Waals surface area contributed by atoms with Crippen LogP contribution >= 0.6 is 0 Å². The Bertz CT molecular complexity index is 830. The second-order valence-electron chi connectivity index (χ2n) is 6.60. The molecule has 1 aromatic heterocycles. The van der Waals surface area contributed by atoms with Crippen molar-refractivity contribution in [1.29, 1.82) is 0 Å². The molecule has 2 heterocycles. The van der Waals surface area contributed by atoms with Gasteiger partial charge in [0.15, 0.2) is 0 Å². The molecule has 1 aliphatic rings. The Balaban J connectivity index is 1.73. The van der Waals surface area contributed by atoms with Crippen LogP contribution in [0.25, 0.3) is 10.9 Å². The number of hydrogen-bond acceptors (Lipinski definition) is 4. The number of anilines is 1. The third-order valence-electron chi connectivity index (χ3n) is 4.25. The number of amides is 2. The topological polar surface area (TPSA) is 79.3 Å². The minimum atomic E-state index is -3.41. The van der Waals surface area contributed by atoms with Gasteiger partial charge in [-0.2, -0.15) is 13.9 Å². The van der Waals surface area contributed by atoms with Gasteiger partial charge in [0, 0.05) is 37.1 Å². The molecule has 1 atom stereocenters. The Kier molecular flexibility index (Phi) is 4.80. The fraction of sp³-hybridized carbons (Fsp3) is 0.471. The first-order valence-electron chi connectivity index (χ1n) is 8.40. The normalized spacial score (nSPS) is 16.5. The quantitative estimate of drug-likeness (QED) is 0.833. The highest BCUT2D eigenvalue weighted by Gasteiger charge is 2.33. The van der Waals surface area contributed by atoms with Crippen LogP contribution < -0.4 is 15.5 Å². The van der Waals surface area contributed by atoms with Crippen molar-refractivity contribution in [2.45, 2.75) is 32.4 Å². The molecule has 0 radical (unpaired) electrons. The molecule has 1 unspecified atom stereocenters. The number of carbonyl (C=O) groups excluding carboxylic acids is 2. The second-order valence-corrected chi connectivity index (χ2v) is 6.60. The van der Waals surface area contributed by atoms with Gasteiger partial charge in [0.1, 0.15) is 0 Å². The van der Waals surface area contributed by atoms with Gasteiger partial charge >= 0.3 is 5.92 Å². The van der Waals surface area contributed by atoms with Crippen LogP contribution in [0.1, 0.15) is 13.8 Å². The summed E-state index contributed by atoms with van der Waals surface area (Å²) in [6, 6.07) is 5.23. The molecule has 1 fully saturated rings. The van der Waals surface area contributed by atoms with Crippen molar-refractivity contribution in [3.05, 3.63) is 24.4 Å². The molecule has 26 heavy (non-hydrogen) atoms. The lowest BCUT2D eigenvalue weighted by Gasteiger charge is -2.28. The van der Waals surface area contributed by atoms with Gasteiger partial charge < -0.3 is 15.5 Å². The number of aromatic nitrogens is 2. The van der Waals surface area contributed by atoms with E-state index < -0.39 is 17.9 Å². The maximum atomic E-state index is 13.0. The highest BCUT2D eigenvalue weighted by molar-refractivity contribution is 5.86. The number of fused-ring (bicyclic) bond motifs is 1. The van der Waals surface area contributed by atoms with Crippen LogP contribution in [0, 0.1) is 0 Å². The summed E-state index contributed by atoms with van der Waals surface area (Å²) in [7, 11) is 0. The summed E-state index contributed by atoms with van der Waals surface area (Å²) in [6.45, 7) is 4.15. The molecule has 0 bridgehead atoms. The lowest BCUT2D eigenvalue weighted by atomic mass is 10.2. The summed E-state index contributed by atoms with van der Waals surface area (Å²) in [5.74, 6) is -4.72. The average molecular weight is 365 g/mol. The molecule has 0 aliphatic carbocycles. The first-order valence-corrected chi connectivity index (χ1v) is 8.40. The molecule has 7 nitrogen and oxygen atoms in total. The molecule has 2 amide bonds. The first-order chi connectivity index (χ1) is 12.2. The van der Waals surface area contributed by atoms with Gasteiger partial charge in [-0.15, -0.1) is 0 Å². The lowest BCUT2D eigenvalue weighted by molar-refractivity contribution is -0.143. The van der Waals surface area contributed by atoms with Crippen LogP contribution in [0.5, 0.6) is 0 Å². The van der Waals surface area contributed by atoms with Gasteiger partial charge in [0.2, 0.25) is 5.91 Å². The van der Waals surface area contributed by atoms with Crippen molar-refractivity contribution in [1.82, 2.24) is 20.4 Å². The number of benzene rings is 1. The SMILES string of the molecule is CC(Cn1ncc2cc(N3CCNC(=O)C3)ccc21)NC(=O)C(C)(F)F. The van der Waals surface area contributed by atoms with E-state index in [1.165, 1.54) is 0 Å². The van der Waals surface area contributed by atoms with E-state index in [9.17, 15) is 18.4 Å². The Hall–Kier alpha value is -2.71. The summed E-state index contributed by atoms with van der Waals surface area (Å²) in [4.78, 5) is 24.9. The highest BCUT2D eigenvalue weighted by atomic mass is 19.3. The van der Waals surface area contributed by atoms with Gasteiger partial charge in [0.25, 0.3) is 5.91 Å². The zero-order chi connectivity index (χ0) is 18.9. The zero-order valence-electron chi connectivity index (χ0n) is 14.6. The molecular weight excluding hydrogens is 344 g/mol. The van der Waals surface area contributed by atoms with Crippen molar-refractivity contribution in [3.63, 3.8) is 0 Å². The van der Waals surface area contributed by atoms with Crippen LogP contribution in [0.2, 0.25) is 0 Å². The van der Waals surface area contributed by atoms with Crippen molar-refractivity contribution >= 4 is 28.4 Å². The molecular formula is C17H21F2N5O2. The smallest absolute Gasteiger partial charge is 0.321 e. The summed E-state index contributed by atoms with van der Waals surface area (Å²) in [5.41, 5.74) is 1.76. The Morgan fingerprint density at radius 1 is 1.46 bits per heavy atom. The fourth-order valence-corrected chi connectivity index (χ4v) is 2.93. The van der Waals surface area contributed by atoms with E-state index in [0.29, 0.717) is 20.0 Å². The van der Waals surface area contributed by atoms with Crippen molar-refractivity contribution in [2.24, 2.45) is 0 Å². The summed E-state index contributed by atoms with van der Waals surface area (Å²) >= 11 is 0. The standard InChI is InChI=1S/C17H21F2N5O2/c1-11(22-16(26)17(2,18)19)9-24-14-4-3-13(7-12(14)8-21-24)23-6-5-20-15(25)10-23/h3-4,7-8,11H,5-6,9-10H2,1-2H3,(H,20,25)(H,22,26). The lowest BCUT2D eigenvalue weighted by Crippen LogP contribution is -2.47. The van der Waals surface area contributed by atoms with E-state index >= 15 is 0 Å². The van der Waals surface area contributed by atoms with Crippen LogP contribution in [0.4, 0.5) is 14.5 Å². The third-order valence-corrected chi connectivity index (χ3v) is 4.25. The van der Waals surface area contributed by atoms with Crippen molar-refractivity contribution < 1.29 is 18.4 Å². The molecule has 3 rings (SSSR count). The zero-order valence-corrected chi connectivity index (χ0v) is 14.6. The Morgan fingerprint density at radius 2 is 2.23 bits per heavy atom. The number of nitrogens with zero attached hydrogens (tertiary/aromatic N) is 3. The number of halogens is 2. The fourth-order valence-electron chi connectivity index (χ4n) is 2.93. The summed E-state index contributed by atoms with van der Waals surface area (Å²) < 4.78 is 27.6. The number of nitrogens with one attached hydrogen (secondary N) is 2. The predicted octanol–water partition coefficient (Wildman–Crippen LogP) is 1.13. The van der Waals surface area contributed by atoms with Gasteiger partial charge in [-0.05, 0) is 25.1 Å². The molecule has 0 saturated carbocycles.